The van der Waals surface area contributed by atoms with Gasteiger partial charge in [-0.25, -0.2) is 0 Å². The highest BCUT2D eigenvalue weighted by molar-refractivity contribution is 5.73. The Morgan fingerprint density at radius 1 is 1.41 bits per heavy atom. The molecule has 1 unspecified atom stereocenters. The molecular formula is C12H16N2O3. The van der Waals surface area contributed by atoms with Crippen molar-refractivity contribution < 1.29 is 9.90 Å². The quantitative estimate of drug-likeness (QED) is 0.821. The third kappa shape index (κ3) is 2.74. The predicted molar refractivity (Wildman–Crippen MR) is 62.9 cm³/mol. The van der Waals surface area contributed by atoms with Crippen LogP contribution in [0.25, 0.3) is 0 Å². The van der Waals surface area contributed by atoms with Crippen LogP contribution >= 0.6 is 0 Å². The number of aliphatic carboxylic acids is 1. The maximum absolute atomic E-state index is 11.5. The summed E-state index contributed by atoms with van der Waals surface area (Å²) in [6.45, 7) is 1.96. The van der Waals surface area contributed by atoms with Gasteiger partial charge in [0.15, 0.2) is 0 Å². The topological polar surface area (TPSA) is 62.5 Å². The summed E-state index contributed by atoms with van der Waals surface area (Å²) in [6.07, 6.45) is 3.36. The number of carboxylic acid groups (broad SMARTS) is 1. The van der Waals surface area contributed by atoms with E-state index < -0.39 is 5.97 Å². The van der Waals surface area contributed by atoms with E-state index in [1.807, 2.05) is 4.90 Å². The van der Waals surface area contributed by atoms with Gasteiger partial charge in [-0.2, -0.15) is 0 Å². The number of nitrogens with zero attached hydrogens (tertiary/aromatic N) is 2. The number of likely N-dealkylation sites (tertiary alicyclic amines) is 1. The number of rotatable bonds is 4. The summed E-state index contributed by atoms with van der Waals surface area (Å²) in [4.78, 5) is 24.4. The van der Waals surface area contributed by atoms with Crippen molar-refractivity contribution in [1.29, 1.82) is 0 Å². The van der Waals surface area contributed by atoms with E-state index in [0.717, 1.165) is 13.0 Å². The molecule has 1 aliphatic heterocycles. The molecule has 0 aliphatic carbocycles. The van der Waals surface area contributed by atoms with Crippen molar-refractivity contribution in [2.24, 2.45) is 0 Å². The van der Waals surface area contributed by atoms with Crippen molar-refractivity contribution in [1.82, 2.24) is 9.47 Å². The maximum atomic E-state index is 11.5. The molecule has 1 saturated heterocycles. The summed E-state index contributed by atoms with van der Waals surface area (Å²) >= 11 is 0. The van der Waals surface area contributed by atoms with Crippen LogP contribution in [0, 0.1) is 0 Å². The Morgan fingerprint density at radius 3 is 2.94 bits per heavy atom. The first-order valence-corrected chi connectivity index (χ1v) is 5.81. The molecule has 1 N–H and O–H groups in total. The zero-order valence-corrected chi connectivity index (χ0v) is 9.58. The van der Waals surface area contributed by atoms with Gasteiger partial charge in [-0.1, -0.05) is 6.07 Å². The van der Waals surface area contributed by atoms with Gasteiger partial charge in [0, 0.05) is 25.4 Å². The summed E-state index contributed by atoms with van der Waals surface area (Å²) < 4.78 is 1.61. The molecule has 0 bridgehead atoms. The van der Waals surface area contributed by atoms with E-state index in [0.29, 0.717) is 19.5 Å². The van der Waals surface area contributed by atoms with Crippen LogP contribution in [0.15, 0.2) is 29.2 Å². The number of carbonyl (C=O) groups is 1. The minimum absolute atomic E-state index is 0.0430. The smallest absolute Gasteiger partial charge is 0.320 e. The van der Waals surface area contributed by atoms with Gasteiger partial charge >= 0.3 is 5.97 Å². The Morgan fingerprint density at radius 2 is 2.24 bits per heavy atom. The van der Waals surface area contributed by atoms with E-state index in [1.165, 1.54) is 6.07 Å². The Balaban J connectivity index is 1.96. The highest BCUT2D eigenvalue weighted by Gasteiger charge is 2.29. The van der Waals surface area contributed by atoms with Crippen LogP contribution in [-0.4, -0.2) is 39.7 Å². The lowest BCUT2D eigenvalue weighted by molar-refractivity contribution is -0.142. The molecule has 0 radical (unpaired) electrons. The second kappa shape index (κ2) is 5.14. The van der Waals surface area contributed by atoms with Crippen LogP contribution in [0.3, 0.4) is 0 Å². The molecule has 1 aliphatic rings. The molecule has 92 valence electrons. The zero-order chi connectivity index (χ0) is 12.3. The standard InChI is InChI=1S/C12H16N2O3/c15-11-5-1-2-6-14(11)9-8-13-7-3-4-10(13)12(16)17/h1-2,5-6,10H,3-4,7-9H2,(H,16,17). The monoisotopic (exact) mass is 236 g/mol. The molecule has 1 atom stereocenters. The second-order valence-electron chi connectivity index (χ2n) is 4.26. The van der Waals surface area contributed by atoms with Crippen LogP contribution in [-0.2, 0) is 11.3 Å². The zero-order valence-electron chi connectivity index (χ0n) is 9.58. The van der Waals surface area contributed by atoms with Crippen molar-refractivity contribution in [3.63, 3.8) is 0 Å². The van der Waals surface area contributed by atoms with Gasteiger partial charge in [0.05, 0.1) is 0 Å². The molecular weight excluding hydrogens is 220 g/mol. The molecule has 1 fully saturated rings. The van der Waals surface area contributed by atoms with Gasteiger partial charge in [-0.3, -0.25) is 14.5 Å². The fourth-order valence-corrected chi connectivity index (χ4v) is 2.26. The normalized spacial score (nSPS) is 20.6. The third-order valence-corrected chi connectivity index (χ3v) is 3.18. The molecule has 0 spiro atoms. The summed E-state index contributed by atoms with van der Waals surface area (Å²) in [5.74, 6) is -0.761. The molecule has 2 rings (SSSR count). The fraction of sp³-hybridized carbons (Fsp3) is 0.500. The van der Waals surface area contributed by atoms with Gasteiger partial charge in [0.2, 0.25) is 0 Å². The number of aromatic nitrogens is 1. The lowest BCUT2D eigenvalue weighted by Gasteiger charge is -2.21. The molecule has 0 aromatic carbocycles. The number of pyridine rings is 1. The minimum atomic E-state index is -0.761. The molecule has 2 heterocycles. The second-order valence-corrected chi connectivity index (χ2v) is 4.26. The van der Waals surface area contributed by atoms with E-state index in [-0.39, 0.29) is 11.6 Å². The van der Waals surface area contributed by atoms with Gasteiger partial charge in [0.1, 0.15) is 6.04 Å². The first kappa shape index (κ1) is 11.9. The third-order valence-electron chi connectivity index (χ3n) is 3.18. The van der Waals surface area contributed by atoms with E-state index in [9.17, 15) is 9.59 Å². The molecule has 1 aromatic heterocycles. The molecule has 17 heavy (non-hydrogen) atoms. The van der Waals surface area contributed by atoms with Crippen molar-refractivity contribution in [2.75, 3.05) is 13.1 Å². The van der Waals surface area contributed by atoms with Crippen LogP contribution < -0.4 is 5.56 Å². The van der Waals surface area contributed by atoms with Crippen LogP contribution in [0.2, 0.25) is 0 Å². The van der Waals surface area contributed by atoms with E-state index in [1.54, 1.807) is 22.9 Å². The van der Waals surface area contributed by atoms with Gasteiger partial charge < -0.3 is 9.67 Å². The molecule has 0 amide bonds. The molecule has 5 nitrogen and oxygen atoms in total. The van der Waals surface area contributed by atoms with Crippen molar-refractivity contribution in [3.05, 3.63) is 34.7 Å². The number of carboxylic acids is 1. The lowest BCUT2D eigenvalue weighted by Crippen LogP contribution is -2.38. The Kier molecular flexibility index (Phi) is 3.58. The van der Waals surface area contributed by atoms with Crippen LogP contribution in [0.1, 0.15) is 12.8 Å². The van der Waals surface area contributed by atoms with Gasteiger partial charge in [0.25, 0.3) is 5.56 Å². The highest BCUT2D eigenvalue weighted by atomic mass is 16.4. The SMILES string of the molecule is O=C(O)C1CCCN1CCn1ccccc1=O. The molecule has 0 saturated carbocycles. The maximum Gasteiger partial charge on any atom is 0.320 e. The Hall–Kier alpha value is -1.62. The first-order valence-electron chi connectivity index (χ1n) is 5.81. The van der Waals surface area contributed by atoms with Gasteiger partial charge in [-0.05, 0) is 25.5 Å². The summed E-state index contributed by atoms with van der Waals surface area (Å²) in [5.41, 5.74) is -0.0430. The summed E-state index contributed by atoms with van der Waals surface area (Å²) in [7, 11) is 0. The predicted octanol–water partition coefficient (Wildman–Crippen LogP) is 0.397. The lowest BCUT2D eigenvalue weighted by atomic mass is 10.2. The Labute approximate surface area is 99.3 Å². The molecule has 5 heteroatoms. The largest absolute Gasteiger partial charge is 0.480 e. The fourth-order valence-electron chi connectivity index (χ4n) is 2.26. The average Bonchev–Trinajstić information content (AvgIpc) is 2.76. The van der Waals surface area contributed by atoms with E-state index in [4.69, 9.17) is 5.11 Å². The van der Waals surface area contributed by atoms with Crippen molar-refractivity contribution >= 4 is 5.97 Å². The highest BCUT2D eigenvalue weighted by Crippen LogP contribution is 2.16. The molecule has 1 aromatic rings. The Bertz CT molecular complexity index is 455. The van der Waals surface area contributed by atoms with Gasteiger partial charge in [-0.15, -0.1) is 0 Å². The number of hydrogen-bond donors (Lipinski definition) is 1. The van der Waals surface area contributed by atoms with E-state index in [2.05, 4.69) is 0 Å². The van der Waals surface area contributed by atoms with Crippen molar-refractivity contribution in [2.45, 2.75) is 25.4 Å². The van der Waals surface area contributed by atoms with Crippen molar-refractivity contribution in [3.8, 4) is 0 Å². The van der Waals surface area contributed by atoms with E-state index >= 15 is 0 Å². The summed E-state index contributed by atoms with van der Waals surface area (Å²) in [6, 6.07) is 4.64. The van der Waals surface area contributed by atoms with Crippen LogP contribution in [0.4, 0.5) is 0 Å². The van der Waals surface area contributed by atoms with Crippen LogP contribution in [0.5, 0.6) is 0 Å². The number of hydrogen-bond acceptors (Lipinski definition) is 3. The minimum Gasteiger partial charge on any atom is -0.480 e. The summed E-state index contributed by atoms with van der Waals surface area (Å²) in [5, 5.41) is 9.03. The first-order chi connectivity index (χ1) is 8.18. The average molecular weight is 236 g/mol.